The molecule has 0 aliphatic rings. The number of nitrogens with one attached hydrogen (secondary N) is 1. The van der Waals surface area contributed by atoms with Gasteiger partial charge in [-0.05, 0) is 48.4 Å². The van der Waals surface area contributed by atoms with Crippen LogP contribution in [0, 0.1) is 0 Å². The summed E-state index contributed by atoms with van der Waals surface area (Å²) in [6.07, 6.45) is -2.75. The molecule has 0 radical (unpaired) electrons. The lowest BCUT2D eigenvalue weighted by Gasteiger charge is -2.11. The summed E-state index contributed by atoms with van der Waals surface area (Å²) in [7, 11) is 1.40. The van der Waals surface area contributed by atoms with Crippen molar-refractivity contribution < 1.29 is 32.2 Å². The summed E-state index contributed by atoms with van der Waals surface area (Å²) in [5.74, 6) is -0.916. The lowest BCUT2D eigenvalue weighted by Crippen LogP contribution is -2.24. The molecular formula is C22H21F3N4O4S. The molecule has 0 aliphatic heterocycles. The van der Waals surface area contributed by atoms with Gasteiger partial charge in [-0.3, -0.25) is 9.59 Å². The summed E-state index contributed by atoms with van der Waals surface area (Å²) in [6.45, 7) is 2.21. The van der Waals surface area contributed by atoms with Crippen molar-refractivity contribution in [3.8, 4) is 22.9 Å². The van der Waals surface area contributed by atoms with Gasteiger partial charge in [0.25, 0.3) is 5.91 Å². The van der Waals surface area contributed by atoms with Crippen LogP contribution in [-0.2, 0) is 11.3 Å². The number of thiazole rings is 1. The smallest absolute Gasteiger partial charge is 0.480 e. The Hall–Kier alpha value is -3.67. The summed E-state index contributed by atoms with van der Waals surface area (Å²) in [6, 6.07) is 8.55. The van der Waals surface area contributed by atoms with Crippen molar-refractivity contribution in [3.63, 3.8) is 0 Å². The number of ether oxygens (including phenoxy) is 2. The van der Waals surface area contributed by atoms with Gasteiger partial charge < -0.3 is 19.4 Å². The number of carbonyl (C=O) groups is 2. The summed E-state index contributed by atoms with van der Waals surface area (Å²) in [5.41, 5.74) is 1.45. The van der Waals surface area contributed by atoms with Crippen molar-refractivity contribution in [2.45, 2.75) is 26.3 Å². The van der Waals surface area contributed by atoms with E-state index in [1.807, 2.05) is 0 Å². The maximum absolute atomic E-state index is 12.8. The number of amides is 2. The number of benzene rings is 1. The van der Waals surface area contributed by atoms with E-state index in [9.17, 15) is 22.8 Å². The molecule has 0 fully saturated rings. The Morgan fingerprint density at radius 1 is 1.21 bits per heavy atom. The highest BCUT2D eigenvalue weighted by Crippen LogP contribution is 2.27. The van der Waals surface area contributed by atoms with Crippen molar-refractivity contribution >= 4 is 23.2 Å². The number of carbonyl (C=O) groups excluding carboxylic acids is 2. The first-order valence-electron chi connectivity index (χ1n) is 10.0. The van der Waals surface area contributed by atoms with Gasteiger partial charge in [0.2, 0.25) is 11.8 Å². The molecule has 0 bridgehead atoms. The quantitative estimate of drug-likeness (QED) is 0.481. The molecule has 0 saturated carbocycles. The lowest BCUT2D eigenvalue weighted by atomic mass is 10.1. The first-order valence-corrected chi connectivity index (χ1v) is 10.9. The maximum Gasteiger partial charge on any atom is 0.573 e. The van der Waals surface area contributed by atoms with E-state index < -0.39 is 12.3 Å². The van der Waals surface area contributed by atoms with E-state index in [0.29, 0.717) is 35.6 Å². The fraction of sp³-hybridized carbons (Fsp3) is 0.273. The maximum atomic E-state index is 12.8. The Balaban J connectivity index is 1.96. The third-order valence-corrected chi connectivity index (χ3v) is 5.37. The highest BCUT2D eigenvalue weighted by molar-refractivity contribution is 7.07. The molecule has 0 aliphatic carbocycles. The zero-order valence-corrected chi connectivity index (χ0v) is 19.1. The Morgan fingerprint density at radius 2 is 1.94 bits per heavy atom. The minimum absolute atomic E-state index is 0.144. The largest absolute Gasteiger partial charge is 0.573 e. The first kappa shape index (κ1) is 25.0. The average Bonchev–Trinajstić information content (AvgIpc) is 3.18. The summed E-state index contributed by atoms with van der Waals surface area (Å²) < 4.78 is 48.2. The molecule has 180 valence electrons. The van der Waals surface area contributed by atoms with Crippen molar-refractivity contribution in [1.29, 1.82) is 0 Å². The number of hydrogen-bond donors (Lipinski definition) is 1. The highest BCUT2D eigenvalue weighted by Gasteiger charge is 2.31. The fourth-order valence-electron chi connectivity index (χ4n) is 3.06. The van der Waals surface area contributed by atoms with Gasteiger partial charge in [-0.2, -0.15) is 4.99 Å². The van der Waals surface area contributed by atoms with Crippen LogP contribution in [-0.4, -0.2) is 41.4 Å². The molecule has 34 heavy (non-hydrogen) atoms. The standard InChI is InChI=1S/C22H21F3N4O4S/c1-14(30)26-11-4-12-29-18(15-6-8-16(9-7-15)33-22(23,24)25)13-34-21(29)28-19(31)17-5-3-10-27-20(17)32-2/h3,5-10,13H,4,11-12H2,1-2H3,(H,26,30). The van der Waals surface area contributed by atoms with E-state index in [4.69, 9.17) is 4.74 Å². The van der Waals surface area contributed by atoms with Crippen molar-refractivity contribution in [2.75, 3.05) is 13.7 Å². The van der Waals surface area contributed by atoms with Gasteiger partial charge in [-0.25, -0.2) is 4.98 Å². The molecule has 12 heteroatoms. The van der Waals surface area contributed by atoms with Crippen LogP contribution in [0.15, 0.2) is 53.0 Å². The Morgan fingerprint density at radius 3 is 2.59 bits per heavy atom. The van der Waals surface area contributed by atoms with Gasteiger partial charge in [0.1, 0.15) is 11.3 Å². The van der Waals surface area contributed by atoms with Crippen LogP contribution in [0.2, 0.25) is 0 Å². The number of nitrogens with zero attached hydrogens (tertiary/aromatic N) is 3. The van der Waals surface area contributed by atoms with Crippen LogP contribution < -0.4 is 19.6 Å². The highest BCUT2D eigenvalue weighted by atomic mass is 32.1. The molecule has 2 heterocycles. The van der Waals surface area contributed by atoms with Crippen LogP contribution >= 0.6 is 11.3 Å². The molecule has 1 N–H and O–H groups in total. The summed E-state index contributed by atoms with van der Waals surface area (Å²) in [4.78, 5) is 32.6. The topological polar surface area (TPSA) is 94.8 Å². The Kier molecular flexibility index (Phi) is 8.05. The number of methoxy groups -OCH3 is 1. The minimum Gasteiger partial charge on any atom is -0.480 e. The van der Waals surface area contributed by atoms with Gasteiger partial charge in [0.15, 0.2) is 4.80 Å². The summed E-state index contributed by atoms with van der Waals surface area (Å²) >= 11 is 1.20. The molecule has 2 amide bonds. The number of aromatic nitrogens is 2. The molecule has 3 aromatic rings. The average molecular weight is 494 g/mol. The number of hydrogen-bond acceptors (Lipinski definition) is 6. The number of halogens is 3. The molecule has 3 rings (SSSR count). The van der Waals surface area contributed by atoms with E-state index in [-0.39, 0.29) is 23.1 Å². The van der Waals surface area contributed by atoms with E-state index >= 15 is 0 Å². The van der Waals surface area contributed by atoms with Crippen LogP contribution in [0.25, 0.3) is 11.3 Å². The zero-order chi connectivity index (χ0) is 24.7. The normalized spacial score (nSPS) is 11.9. The lowest BCUT2D eigenvalue weighted by molar-refractivity contribution is -0.274. The number of rotatable bonds is 8. The number of pyridine rings is 1. The Labute approximate surface area is 196 Å². The third-order valence-electron chi connectivity index (χ3n) is 4.51. The molecule has 0 atom stereocenters. The van der Waals surface area contributed by atoms with E-state index in [1.165, 1.54) is 55.8 Å². The molecule has 0 saturated heterocycles. The fourth-order valence-corrected chi connectivity index (χ4v) is 3.99. The van der Waals surface area contributed by atoms with Crippen molar-refractivity contribution in [3.05, 3.63) is 58.3 Å². The minimum atomic E-state index is -4.78. The number of alkyl halides is 3. The van der Waals surface area contributed by atoms with Crippen molar-refractivity contribution in [1.82, 2.24) is 14.9 Å². The van der Waals surface area contributed by atoms with E-state index in [0.717, 1.165) is 0 Å². The first-order chi connectivity index (χ1) is 16.2. The second kappa shape index (κ2) is 11.0. The Bertz CT molecular complexity index is 1220. The van der Waals surface area contributed by atoms with Gasteiger partial charge in [-0.15, -0.1) is 24.5 Å². The van der Waals surface area contributed by atoms with Crippen LogP contribution in [0.3, 0.4) is 0 Å². The molecule has 0 unspecified atom stereocenters. The van der Waals surface area contributed by atoms with Crippen LogP contribution in [0.1, 0.15) is 23.7 Å². The van der Waals surface area contributed by atoms with Crippen LogP contribution in [0.5, 0.6) is 11.6 Å². The summed E-state index contributed by atoms with van der Waals surface area (Å²) in [5, 5.41) is 4.46. The zero-order valence-electron chi connectivity index (χ0n) is 18.3. The predicted octanol–water partition coefficient (Wildman–Crippen LogP) is 3.79. The van der Waals surface area contributed by atoms with Crippen molar-refractivity contribution in [2.24, 2.45) is 4.99 Å². The molecular weight excluding hydrogens is 473 g/mol. The van der Waals surface area contributed by atoms with Gasteiger partial charge in [0.05, 0.1) is 12.8 Å². The SMILES string of the molecule is COc1ncccc1C(=O)N=c1scc(-c2ccc(OC(F)(F)F)cc2)n1CCCNC(C)=O. The molecule has 1 aromatic carbocycles. The van der Waals surface area contributed by atoms with Gasteiger partial charge >= 0.3 is 6.36 Å². The molecule has 8 nitrogen and oxygen atoms in total. The van der Waals surface area contributed by atoms with Gasteiger partial charge in [-0.1, -0.05) is 0 Å². The van der Waals surface area contributed by atoms with E-state index in [1.54, 1.807) is 22.1 Å². The monoisotopic (exact) mass is 494 g/mol. The third kappa shape index (κ3) is 6.67. The second-order valence-corrected chi connectivity index (χ2v) is 7.78. The van der Waals surface area contributed by atoms with E-state index in [2.05, 4.69) is 20.0 Å². The molecule has 0 spiro atoms. The van der Waals surface area contributed by atoms with Crippen LogP contribution in [0.4, 0.5) is 13.2 Å². The second-order valence-electron chi connectivity index (χ2n) is 6.94. The molecule has 2 aromatic heterocycles. The van der Waals surface area contributed by atoms with Gasteiger partial charge in [0, 0.05) is 31.6 Å². The predicted molar refractivity (Wildman–Crippen MR) is 118 cm³/mol.